The number of aromatic nitrogens is 3. The molecule has 1 aromatic rings. The van der Waals surface area contributed by atoms with Crippen molar-refractivity contribution in [3.63, 3.8) is 0 Å². The van der Waals surface area contributed by atoms with E-state index >= 15 is 0 Å². The Morgan fingerprint density at radius 2 is 1.50 bits per heavy atom. The first-order chi connectivity index (χ1) is 6.51. The van der Waals surface area contributed by atoms with Crippen molar-refractivity contribution in [3.05, 3.63) is 10.6 Å². The van der Waals surface area contributed by atoms with Crippen LogP contribution in [-0.2, 0) is 13.6 Å². The van der Waals surface area contributed by atoms with E-state index in [0.29, 0.717) is 0 Å². The highest BCUT2D eigenvalue weighted by Crippen LogP contribution is 2.43. The fraction of sp³-hybridized carbons (Fsp3) is 0.400. The van der Waals surface area contributed by atoms with E-state index in [-0.39, 0.29) is 16.1 Å². The summed E-state index contributed by atoms with van der Waals surface area (Å²) in [6.07, 6.45) is 0. The maximum atomic E-state index is 11.7. The topological polar surface area (TPSA) is 74.2 Å². The molecule has 0 saturated carbocycles. The zero-order chi connectivity index (χ0) is 10.8. The third-order valence-corrected chi connectivity index (χ3v) is 3.28. The van der Waals surface area contributed by atoms with Crippen molar-refractivity contribution in [1.82, 2.24) is 15.0 Å². The van der Waals surface area contributed by atoms with Crippen LogP contribution in [0.15, 0.2) is 0 Å². The van der Waals surface area contributed by atoms with Crippen LogP contribution >= 0.6 is 30.8 Å². The maximum absolute atomic E-state index is 11.7. The van der Waals surface area contributed by atoms with Gasteiger partial charge < -0.3 is 9.05 Å². The molecule has 6 nitrogen and oxygen atoms in total. The van der Waals surface area contributed by atoms with Crippen molar-refractivity contribution in [2.24, 2.45) is 0 Å². The van der Waals surface area contributed by atoms with Crippen LogP contribution in [0, 0.1) is 0 Å². The van der Waals surface area contributed by atoms with Crippen molar-refractivity contribution in [2.45, 2.75) is 0 Å². The normalized spacial score (nSPS) is 11.7. The van der Waals surface area contributed by atoms with Gasteiger partial charge in [0.05, 0.1) is 0 Å². The first-order valence-electron chi connectivity index (χ1n) is 3.31. The summed E-state index contributed by atoms with van der Waals surface area (Å²) in [6, 6.07) is 0. The summed E-state index contributed by atoms with van der Waals surface area (Å²) in [6.45, 7) is 0. The first-order valence-corrected chi connectivity index (χ1v) is 5.61. The molecule has 1 rings (SSSR count). The third-order valence-electron chi connectivity index (χ3n) is 1.29. The highest BCUT2D eigenvalue weighted by molar-refractivity contribution is 7.61. The molecule has 1 heterocycles. The highest BCUT2D eigenvalue weighted by atomic mass is 35.5. The van der Waals surface area contributed by atoms with E-state index in [1.807, 2.05) is 0 Å². The molecule has 0 bridgehead atoms. The molecule has 0 saturated heterocycles. The van der Waals surface area contributed by atoms with Gasteiger partial charge in [-0.15, -0.1) is 0 Å². The van der Waals surface area contributed by atoms with Gasteiger partial charge in [-0.1, -0.05) is 0 Å². The molecule has 0 spiro atoms. The van der Waals surface area contributed by atoms with Crippen LogP contribution in [-0.4, -0.2) is 29.2 Å². The fourth-order valence-electron chi connectivity index (χ4n) is 0.676. The molecule has 0 fully saturated rings. The Hall–Kier alpha value is -0.260. The minimum atomic E-state index is -3.52. The molecule has 0 unspecified atom stereocenters. The lowest BCUT2D eigenvalue weighted by atomic mass is 11.1. The lowest BCUT2D eigenvalue weighted by Gasteiger charge is -2.10. The maximum Gasteiger partial charge on any atom is 0.398 e. The van der Waals surface area contributed by atoms with Gasteiger partial charge in [-0.2, -0.15) is 15.0 Å². The number of hydrogen-bond acceptors (Lipinski definition) is 6. The molecule has 0 aliphatic heterocycles. The molecule has 1 aromatic heterocycles. The molecule has 14 heavy (non-hydrogen) atoms. The first kappa shape index (κ1) is 11.8. The van der Waals surface area contributed by atoms with Gasteiger partial charge >= 0.3 is 7.60 Å². The smallest absolute Gasteiger partial charge is 0.306 e. The average molecular weight is 258 g/mol. The third kappa shape index (κ3) is 2.40. The van der Waals surface area contributed by atoms with Gasteiger partial charge in [-0.3, -0.25) is 4.57 Å². The predicted molar refractivity (Wildman–Crippen MR) is 51.1 cm³/mol. The number of nitrogens with zero attached hydrogens (tertiary/aromatic N) is 3. The Balaban J connectivity index is 3.24. The van der Waals surface area contributed by atoms with Crippen LogP contribution in [0.4, 0.5) is 0 Å². The SMILES string of the molecule is COP(=O)(OC)c1nc(Cl)nc(Cl)n1. The summed E-state index contributed by atoms with van der Waals surface area (Å²) >= 11 is 11.0. The number of hydrogen-bond donors (Lipinski definition) is 0. The predicted octanol–water partition coefficient (Wildman–Crippen LogP) is 1.29. The van der Waals surface area contributed by atoms with E-state index < -0.39 is 7.60 Å². The van der Waals surface area contributed by atoms with Crippen LogP contribution in [0.25, 0.3) is 0 Å². The van der Waals surface area contributed by atoms with E-state index in [1.165, 1.54) is 14.2 Å². The summed E-state index contributed by atoms with van der Waals surface area (Å²) < 4.78 is 21.0. The van der Waals surface area contributed by atoms with Crippen LogP contribution in [0.5, 0.6) is 0 Å². The molecule has 0 N–H and O–H groups in total. The second-order valence-corrected chi connectivity index (χ2v) is 4.84. The lowest BCUT2D eigenvalue weighted by molar-refractivity contribution is 0.285. The van der Waals surface area contributed by atoms with Gasteiger partial charge in [0.15, 0.2) is 0 Å². The molecule has 0 radical (unpaired) electrons. The molecular weight excluding hydrogens is 252 g/mol. The molecule has 0 aliphatic rings. The fourth-order valence-corrected chi connectivity index (χ4v) is 2.07. The Kier molecular flexibility index (Phi) is 3.80. The Morgan fingerprint density at radius 3 is 1.86 bits per heavy atom. The minimum absolute atomic E-state index is 0.172. The second-order valence-electron chi connectivity index (χ2n) is 2.04. The van der Waals surface area contributed by atoms with Gasteiger partial charge in [-0.25, -0.2) is 0 Å². The Bertz CT molecular complexity index is 360. The van der Waals surface area contributed by atoms with Gasteiger partial charge in [0.1, 0.15) is 0 Å². The summed E-state index contributed by atoms with van der Waals surface area (Å²) in [7, 11) is -1.11. The summed E-state index contributed by atoms with van der Waals surface area (Å²) in [5, 5.41) is -0.344. The zero-order valence-electron chi connectivity index (χ0n) is 7.27. The number of rotatable bonds is 3. The standard InChI is InChI=1S/C5H6Cl2N3O3P/c1-12-14(11,13-2)5-9-3(6)8-4(7)10-5/h1-2H3. The molecule has 0 aromatic carbocycles. The Labute approximate surface area is 90.1 Å². The highest BCUT2D eigenvalue weighted by Gasteiger charge is 2.29. The van der Waals surface area contributed by atoms with E-state index in [9.17, 15) is 4.57 Å². The monoisotopic (exact) mass is 257 g/mol. The molecule has 0 amide bonds. The van der Waals surface area contributed by atoms with Crippen molar-refractivity contribution < 1.29 is 13.6 Å². The van der Waals surface area contributed by atoms with Gasteiger partial charge in [0.25, 0.3) is 0 Å². The van der Waals surface area contributed by atoms with Crippen LogP contribution < -0.4 is 5.57 Å². The van der Waals surface area contributed by atoms with E-state index in [4.69, 9.17) is 23.2 Å². The lowest BCUT2D eigenvalue weighted by Crippen LogP contribution is -2.17. The molecule has 0 atom stereocenters. The number of halogens is 2. The van der Waals surface area contributed by atoms with Crippen molar-refractivity contribution in [1.29, 1.82) is 0 Å². The summed E-state index contributed by atoms with van der Waals surface area (Å²) in [5.41, 5.74) is -0.215. The van der Waals surface area contributed by atoms with Gasteiger partial charge in [0, 0.05) is 14.2 Å². The van der Waals surface area contributed by atoms with E-state index in [2.05, 4.69) is 24.0 Å². The molecule has 9 heteroatoms. The largest absolute Gasteiger partial charge is 0.398 e. The van der Waals surface area contributed by atoms with Crippen LogP contribution in [0.2, 0.25) is 10.6 Å². The Morgan fingerprint density at radius 1 is 1.07 bits per heavy atom. The quantitative estimate of drug-likeness (QED) is 0.760. The van der Waals surface area contributed by atoms with Crippen molar-refractivity contribution in [3.8, 4) is 0 Å². The summed E-state index contributed by atoms with van der Waals surface area (Å²) in [4.78, 5) is 10.7. The minimum Gasteiger partial charge on any atom is -0.306 e. The van der Waals surface area contributed by atoms with Gasteiger partial charge in [0.2, 0.25) is 16.1 Å². The second kappa shape index (κ2) is 4.51. The molecule has 0 aliphatic carbocycles. The molecular formula is C5H6Cl2N3O3P. The van der Waals surface area contributed by atoms with Crippen molar-refractivity contribution in [2.75, 3.05) is 14.2 Å². The van der Waals surface area contributed by atoms with E-state index in [0.717, 1.165) is 0 Å². The zero-order valence-corrected chi connectivity index (χ0v) is 9.68. The van der Waals surface area contributed by atoms with E-state index in [1.54, 1.807) is 0 Å². The molecule has 78 valence electrons. The van der Waals surface area contributed by atoms with Crippen LogP contribution in [0.3, 0.4) is 0 Å². The average Bonchev–Trinajstić information content (AvgIpc) is 2.15. The van der Waals surface area contributed by atoms with Crippen molar-refractivity contribution >= 4 is 36.4 Å². The summed E-state index contributed by atoms with van der Waals surface area (Å²) in [5.74, 6) is 0. The van der Waals surface area contributed by atoms with Gasteiger partial charge in [-0.05, 0) is 23.2 Å². The van der Waals surface area contributed by atoms with Crippen LogP contribution in [0.1, 0.15) is 0 Å².